The Labute approximate surface area is 306 Å². The van der Waals surface area contributed by atoms with Gasteiger partial charge >= 0.3 is 0 Å². The van der Waals surface area contributed by atoms with E-state index in [1.165, 1.54) is 49.0 Å². The number of aromatic nitrogens is 1. The third kappa shape index (κ3) is 4.75. The number of benzene rings is 9. The van der Waals surface area contributed by atoms with Gasteiger partial charge in [0.2, 0.25) is 0 Å². The third-order valence-electron chi connectivity index (χ3n) is 10.7. The second-order valence-corrected chi connectivity index (χ2v) is 13.8. The Morgan fingerprint density at radius 1 is 0.377 bits per heavy atom. The average Bonchev–Trinajstić information content (AvgIpc) is 3.74. The van der Waals surface area contributed by atoms with Gasteiger partial charge in [-0.25, -0.2) is 0 Å². The lowest BCUT2D eigenvalue weighted by atomic mass is 10.0. The third-order valence-corrected chi connectivity index (χ3v) is 10.7. The topological polar surface area (TPSA) is 21.3 Å². The van der Waals surface area contributed by atoms with E-state index >= 15 is 0 Å². The van der Waals surface area contributed by atoms with Gasteiger partial charge in [0, 0.05) is 33.2 Å². The molecule has 0 spiro atoms. The zero-order chi connectivity index (χ0) is 34.9. The molecule has 9 aromatic carbocycles. The highest BCUT2D eigenvalue weighted by atomic mass is 16.3. The smallest absolute Gasteiger partial charge is 0.137 e. The van der Waals surface area contributed by atoms with Gasteiger partial charge in [0.05, 0.1) is 22.1 Å². The highest BCUT2D eigenvalue weighted by Crippen LogP contribution is 2.45. The fourth-order valence-corrected chi connectivity index (χ4v) is 8.25. The van der Waals surface area contributed by atoms with Crippen LogP contribution in [0.2, 0.25) is 0 Å². The van der Waals surface area contributed by atoms with Gasteiger partial charge in [0.25, 0.3) is 0 Å². The molecule has 3 heteroatoms. The van der Waals surface area contributed by atoms with Crippen molar-refractivity contribution < 1.29 is 4.42 Å². The fourth-order valence-electron chi connectivity index (χ4n) is 8.25. The van der Waals surface area contributed by atoms with Crippen molar-refractivity contribution in [2.75, 3.05) is 4.90 Å². The normalized spacial score (nSPS) is 11.8. The van der Waals surface area contributed by atoms with E-state index in [0.717, 1.165) is 50.2 Å². The molecule has 53 heavy (non-hydrogen) atoms. The Balaban J connectivity index is 1.20. The van der Waals surface area contributed by atoms with Gasteiger partial charge in [-0.3, -0.25) is 0 Å². The second kappa shape index (κ2) is 11.7. The van der Waals surface area contributed by atoms with E-state index in [2.05, 4.69) is 204 Å². The average molecular weight is 677 g/mol. The first-order valence-electron chi connectivity index (χ1n) is 18.1. The van der Waals surface area contributed by atoms with Gasteiger partial charge in [-0.05, 0) is 105 Å². The summed E-state index contributed by atoms with van der Waals surface area (Å²) in [6.45, 7) is 0. The predicted molar refractivity (Wildman–Crippen MR) is 223 cm³/mol. The Morgan fingerprint density at radius 2 is 1.00 bits per heavy atom. The van der Waals surface area contributed by atoms with Crippen LogP contribution in [-0.2, 0) is 0 Å². The molecule has 248 valence electrons. The van der Waals surface area contributed by atoms with Crippen molar-refractivity contribution in [3.8, 4) is 16.8 Å². The van der Waals surface area contributed by atoms with Crippen molar-refractivity contribution in [2.45, 2.75) is 0 Å². The van der Waals surface area contributed by atoms with Crippen LogP contribution in [0.25, 0.3) is 82.1 Å². The lowest BCUT2D eigenvalue weighted by Crippen LogP contribution is -2.10. The van der Waals surface area contributed by atoms with Crippen LogP contribution in [0.5, 0.6) is 0 Å². The molecule has 0 fully saturated rings. The molecule has 0 saturated heterocycles. The van der Waals surface area contributed by atoms with Crippen LogP contribution in [0.4, 0.5) is 17.1 Å². The zero-order valence-electron chi connectivity index (χ0n) is 28.8. The SMILES string of the molecule is c1ccc(-c2cccc(-n3c4cc(N(c5ccccc5)c5cccc6oc7cc8ccccc8cc7c56)ccc4c4cc5ccccc5cc43)c2)cc1. The van der Waals surface area contributed by atoms with Gasteiger partial charge in [-0.15, -0.1) is 0 Å². The monoisotopic (exact) mass is 676 g/mol. The molecule has 0 unspecified atom stereocenters. The quantitative estimate of drug-likeness (QED) is 0.181. The molecule has 2 aromatic heterocycles. The number of fused-ring (bicyclic) bond motifs is 8. The summed E-state index contributed by atoms with van der Waals surface area (Å²) in [4.78, 5) is 2.38. The van der Waals surface area contributed by atoms with Crippen molar-refractivity contribution >= 4 is 82.4 Å². The van der Waals surface area contributed by atoms with Crippen LogP contribution in [0.15, 0.2) is 199 Å². The summed E-state index contributed by atoms with van der Waals surface area (Å²) in [5.74, 6) is 0. The number of rotatable bonds is 5. The summed E-state index contributed by atoms with van der Waals surface area (Å²) in [5, 5.41) is 9.47. The first kappa shape index (κ1) is 29.6. The molecule has 11 aromatic rings. The second-order valence-electron chi connectivity index (χ2n) is 13.8. The molecule has 0 aliphatic carbocycles. The molecule has 0 atom stereocenters. The van der Waals surface area contributed by atoms with Crippen LogP contribution in [-0.4, -0.2) is 4.57 Å². The number of furan rings is 1. The highest BCUT2D eigenvalue weighted by molar-refractivity contribution is 6.18. The van der Waals surface area contributed by atoms with Gasteiger partial charge in [0.15, 0.2) is 0 Å². The van der Waals surface area contributed by atoms with E-state index < -0.39 is 0 Å². The Morgan fingerprint density at radius 3 is 1.77 bits per heavy atom. The number of para-hydroxylation sites is 1. The van der Waals surface area contributed by atoms with Crippen LogP contribution in [0, 0.1) is 0 Å². The largest absolute Gasteiger partial charge is 0.456 e. The van der Waals surface area contributed by atoms with Crippen molar-refractivity contribution in [3.05, 3.63) is 194 Å². The lowest BCUT2D eigenvalue weighted by molar-refractivity contribution is 0.669. The molecule has 0 bridgehead atoms. The molecule has 0 aliphatic heterocycles. The number of hydrogen-bond donors (Lipinski definition) is 0. The summed E-state index contributed by atoms with van der Waals surface area (Å²) in [6.07, 6.45) is 0. The number of nitrogens with zero attached hydrogens (tertiary/aromatic N) is 2. The molecule has 0 saturated carbocycles. The van der Waals surface area contributed by atoms with E-state index in [0.29, 0.717) is 0 Å². The zero-order valence-corrected chi connectivity index (χ0v) is 28.8. The predicted octanol–water partition coefficient (Wildman–Crippen LogP) is 14.1. The van der Waals surface area contributed by atoms with Crippen molar-refractivity contribution in [1.29, 1.82) is 0 Å². The maximum Gasteiger partial charge on any atom is 0.137 e. The van der Waals surface area contributed by atoms with Gasteiger partial charge < -0.3 is 13.9 Å². The summed E-state index contributed by atoms with van der Waals surface area (Å²) in [6, 6.07) is 69.8. The minimum atomic E-state index is 0.869. The minimum Gasteiger partial charge on any atom is -0.456 e. The van der Waals surface area contributed by atoms with E-state index in [-0.39, 0.29) is 0 Å². The molecular formula is C50H32N2O. The molecule has 0 radical (unpaired) electrons. The lowest BCUT2D eigenvalue weighted by Gasteiger charge is -2.26. The maximum atomic E-state index is 6.56. The van der Waals surface area contributed by atoms with Crippen molar-refractivity contribution in [2.24, 2.45) is 0 Å². The van der Waals surface area contributed by atoms with Crippen LogP contribution >= 0.6 is 0 Å². The van der Waals surface area contributed by atoms with Gasteiger partial charge in [0.1, 0.15) is 11.2 Å². The van der Waals surface area contributed by atoms with Crippen molar-refractivity contribution in [3.63, 3.8) is 0 Å². The molecular weight excluding hydrogens is 645 g/mol. The Hall–Kier alpha value is -7.10. The van der Waals surface area contributed by atoms with E-state index in [9.17, 15) is 0 Å². The molecule has 0 amide bonds. The minimum absolute atomic E-state index is 0.869. The van der Waals surface area contributed by atoms with Crippen LogP contribution < -0.4 is 4.90 Å². The summed E-state index contributed by atoms with van der Waals surface area (Å²) >= 11 is 0. The highest BCUT2D eigenvalue weighted by Gasteiger charge is 2.22. The van der Waals surface area contributed by atoms with Gasteiger partial charge in [-0.2, -0.15) is 0 Å². The Bertz CT molecular complexity index is 3170. The van der Waals surface area contributed by atoms with Crippen molar-refractivity contribution in [1.82, 2.24) is 4.57 Å². The van der Waals surface area contributed by atoms with Crippen LogP contribution in [0.1, 0.15) is 0 Å². The van der Waals surface area contributed by atoms with Gasteiger partial charge in [-0.1, -0.05) is 121 Å². The number of hydrogen-bond acceptors (Lipinski definition) is 2. The molecule has 3 nitrogen and oxygen atoms in total. The molecule has 2 heterocycles. The molecule has 0 aliphatic rings. The molecule has 0 N–H and O–H groups in total. The van der Waals surface area contributed by atoms with E-state index in [1.807, 2.05) is 0 Å². The summed E-state index contributed by atoms with van der Waals surface area (Å²) in [5.41, 5.74) is 10.8. The van der Waals surface area contributed by atoms with E-state index in [4.69, 9.17) is 4.42 Å². The standard InChI is InChI=1S/C50H32N2O/c1-3-13-33(14-4-1)34-19-11-22-40(27-34)52-46-30-37-17-9-7-15-35(37)28-43(46)42-26-25-41(32-47(42)52)51(39-20-5-2-6-21-39)45-23-12-24-48-50(45)44-29-36-16-8-10-18-38(36)31-49(44)53-48/h1-32H. The first-order valence-corrected chi connectivity index (χ1v) is 18.1. The maximum absolute atomic E-state index is 6.56. The fraction of sp³-hybridized carbons (Fsp3) is 0. The number of anilines is 3. The Kier molecular flexibility index (Phi) is 6.55. The van der Waals surface area contributed by atoms with Crippen LogP contribution in [0.3, 0.4) is 0 Å². The first-order chi connectivity index (χ1) is 26.3. The summed E-state index contributed by atoms with van der Waals surface area (Å²) < 4.78 is 9.01. The van der Waals surface area contributed by atoms with E-state index in [1.54, 1.807) is 0 Å². The summed E-state index contributed by atoms with van der Waals surface area (Å²) in [7, 11) is 0. The molecule has 11 rings (SSSR count).